The van der Waals surface area contributed by atoms with Crippen LogP contribution >= 0.6 is 23.2 Å². The van der Waals surface area contributed by atoms with Gasteiger partial charge in [-0.15, -0.1) is 0 Å². The van der Waals surface area contributed by atoms with Crippen molar-refractivity contribution < 1.29 is 18.7 Å². The Labute approximate surface area is 201 Å². The number of carbonyl (C=O) groups excluding carboxylic acids is 2. The van der Waals surface area contributed by atoms with Crippen molar-refractivity contribution in [2.45, 2.75) is 18.9 Å². The van der Waals surface area contributed by atoms with Gasteiger partial charge in [0, 0.05) is 40.4 Å². The zero-order valence-electron chi connectivity index (χ0n) is 17.6. The van der Waals surface area contributed by atoms with Crippen molar-refractivity contribution in [2.75, 3.05) is 13.2 Å². The molecular weight excluding hydrogens is 463 g/mol. The Bertz CT molecular complexity index is 1150. The van der Waals surface area contributed by atoms with Crippen molar-refractivity contribution in [3.63, 3.8) is 0 Å². The van der Waals surface area contributed by atoms with Crippen molar-refractivity contribution >= 4 is 41.1 Å². The van der Waals surface area contributed by atoms with Gasteiger partial charge in [-0.25, -0.2) is 0 Å². The molecule has 2 heterocycles. The van der Waals surface area contributed by atoms with Gasteiger partial charge in [-0.05, 0) is 73.5 Å². The summed E-state index contributed by atoms with van der Waals surface area (Å²) in [6, 6.07) is 17.1. The zero-order valence-corrected chi connectivity index (χ0v) is 19.2. The number of halogens is 2. The van der Waals surface area contributed by atoms with E-state index in [1.165, 1.54) is 6.08 Å². The van der Waals surface area contributed by atoms with Crippen molar-refractivity contribution in [1.82, 2.24) is 10.6 Å². The normalized spacial score (nSPS) is 15.9. The molecule has 3 aromatic rings. The third-order valence-electron chi connectivity index (χ3n) is 5.16. The Hall–Kier alpha value is -3.06. The molecule has 4 rings (SSSR count). The lowest BCUT2D eigenvalue weighted by molar-refractivity contribution is -0.118. The van der Waals surface area contributed by atoms with Gasteiger partial charge < -0.3 is 19.8 Å². The fraction of sp³-hybridized carbons (Fsp3) is 0.200. The molecule has 1 aliphatic heterocycles. The van der Waals surface area contributed by atoms with Crippen LogP contribution in [0.4, 0.5) is 0 Å². The number of benzene rings is 2. The first-order chi connectivity index (χ1) is 16.0. The molecule has 1 atom stereocenters. The predicted molar refractivity (Wildman–Crippen MR) is 128 cm³/mol. The first-order valence-electron chi connectivity index (χ1n) is 10.5. The minimum absolute atomic E-state index is 0.0257. The van der Waals surface area contributed by atoms with E-state index in [9.17, 15) is 9.59 Å². The van der Waals surface area contributed by atoms with Gasteiger partial charge in [0.15, 0.2) is 0 Å². The van der Waals surface area contributed by atoms with Crippen molar-refractivity contribution in [3.8, 4) is 11.3 Å². The van der Waals surface area contributed by atoms with E-state index in [1.807, 2.05) is 12.1 Å². The van der Waals surface area contributed by atoms with Crippen LogP contribution in [0.3, 0.4) is 0 Å². The number of carbonyl (C=O) groups is 2. The molecule has 0 radical (unpaired) electrons. The van der Waals surface area contributed by atoms with Gasteiger partial charge in [0.1, 0.15) is 17.2 Å². The second kappa shape index (κ2) is 10.7. The summed E-state index contributed by atoms with van der Waals surface area (Å²) in [5.74, 6) is 0.159. The maximum atomic E-state index is 12.9. The summed E-state index contributed by atoms with van der Waals surface area (Å²) in [4.78, 5) is 25.6. The van der Waals surface area contributed by atoms with Gasteiger partial charge in [0.25, 0.3) is 11.8 Å². The number of furan rings is 1. The number of amides is 2. The molecule has 33 heavy (non-hydrogen) atoms. The van der Waals surface area contributed by atoms with Gasteiger partial charge in [-0.3, -0.25) is 9.59 Å². The molecule has 1 fully saturated rings. The van der Waals surface area contributed by atoms with Crippen molar-refractivity contribution in [1.29, 1.82) is 0 Å². The minimum Gasteiger partial charge on any atom is -0.457 e. The van der Waals surface area contributed by atoms with Crippen molar-refractivity contribution in [3.05, 3.63) is 87.7 Å². The van der Waals surface area contributed by atoms with E-state index in [2.05, 4.69) is 10.6 Å². The molecular formula is C25H22Cl2N2O4. The van der Waals surface area contributed by atoms with E-state index in [-0.39, 0.29) is 11.8 Å². The highest BCUT2D eigenvalue weighted by molar-refractivity contribution is 6.31. The molecule has 0 bridgehead atoms. The van der Waals surface area contributed by atoms with Crippen LogP contribution in [-0.4, -0.2) is 31.1 Å². The summed E-state index contributed by atoms with van der Waals surface area (Å²) in [7, 11) is 0. The number of hydrogen-bond donors (Lipinski definition) is 2. The summed E-state index contributed by atoms with van der Waals surface area (Å²) in [6.07, 6.45) is 3.33. The van der Waals surface area contributed by atoms with Gasteiger partial charge in [0.05, 0.1) is 6.10 Å². The molecule has 170 valence electrons. The molecule has 8 heteroatoms. The zero-order chi connectivity index (χ0) is 23.2. The maximum Gasteiger partial charge on any atom is 0.268 e. The summed E-state index contributed by atoms with van der Waals surface area (Å²) in [5.41, 5.74) is 1.28. The molecule has 1 saturated heterocycles. The molecule has 1 aromatic heterocycles. The second-order valence-electron chi connectivity index (χ2n) is 7.57. The third kappa shape index (κ3) is 6.26. The first kappa shape index (κ1) is 23.1. The smallest absolute Gasteiger partial charge is 0.268 e. The summed E-state index contributed by atoms with van der Waals surface area (Å²) in [6.45, 7) is 1.05. The van der Waals surface area contributed by atoms with Gasteiger partial charge in [0.2, 0.25) is 0 Å². The van der Waals surface area contributed by atoms with Gasteiger partial charge >= 0.3 is 0 Å². The van der Waals surface area contributed by atoms with Crippen molar-refractivity contribution in [2.24, 2.45) is 0 Å². The average Bonchev–Trinajstić information content (AvgIpc) is 3.50. The summed E-state index contributed by atoms with van der Waals surface area (Å²) in [5, 5.41) is 6.65. The van der Waals surface area contributed by atoms with Crippen LogP contribution in [-0.2, 0) is 9.53 Å². The predicted octanol–water partition coefficient (Wildman–Crippen LogP) is 5.32. The first-order valence-corrected chi connectivity index (χ1v) is 11.3. The van der Waals surface area contributed by atoms with E-state index in [0.717, 1.165) is 18.4 Å². The SMILES string of the molecule is O=C(NC[C@H]1CCCO1)/C(=C/c1ccc(-c2ccc(Cl)cc2)o1)NC(=O)c1ccc(Cl)cc1. The molecule has 0 spiro atoms. The summed E-state index contributed by atoms with van der Waals surface area (Å²) < 4.78 is 11.4. The van der Waals surface area contributed by atoms with Crippen LogP contribution in [0.15, 0.2) is 70.8 Å². The molecule has 2 amide bonds. The van der Waals surface area contributed by atoms with E-state index >= 15 is 0 Å². The standard InChI is InChI=1S/C25H22Cl2N2O4/c26-18-7-3-16(4-8-18)23-12-11-20(33-23)14-22(25(31)28-15-21-2-1-13-32-21)29-24(30)17-5-9-19(27)10-6-17/h3-12,14,21H,1-2,13,15H2,(H,28,31)(H,29,30)/b22-14-/t21-/m1/s1. The Morgan fingerprint density at radius 2 is 1.67 bits per heavy atom. The van der Waals surface area contributed by atoms with Crippen LogP contribution in [0.1, 0.15) is 29.0 Å². The monoisotopic (exact) mass is 484 g/mol. The molecule has 0 aliphatic carbocycles. The lowest BCUT2D eigenvalue weighted by atomic mass is 10.2. The quantitative estimate of drug-likeness (QED) is 0.444. The van der Waals surface area contributed by atoms with Crippen LogP contribution in [0.2, 0.25) is 10.0 Å². The molecule has 0 saturated carbocycles. The Morgan fingerprint density at radius 1 is 0.970 bits per heavy atom. The Morgan fingerprint density at radius 3 is 2.33 bits per heavy atom. The molecule has 6 nitrogen and oxygen atoms in total. The highest BCUT2D eigenvalue weighted by atomic mass is 35.5. The Balaban J connectivity index is 1.55. The minimum atomic E-state index is -0.435. The number of rotatable bonds is 7. The van der Waals surface area contributed by atoms with Gasteiger partial charge in [-0.2, -0.15) is 0 Å². The second-order valence-corrected chi connectivity index (χ2v) is 8.45. The van der Waals surface area contributed by atoms with E-state index < -0.39 is 11.8 Å². The maximum absolute atomic E-state index is 12.9. The summed E-state index contributed by atoms with van der Waals surface area (Å²) >= 11 is 11.9. The fourth-order valence-corrected chi connectivity index (χ4v) is 3.66. The van der Waals surface area contributed by atoms with Gasteiger partial charge in [-0.1, -0.05) is 23.2 Å². The molecule has 2 N–H and O–H groups in total. The van der Waals surface area contributed by atoms with E-state index in [1.54, 1.807) is 48.5 Å². The lowest BCUT2D eigenvalue weighted by Gasteiger charge is -2.13. The lowest BCUT2D eigenvalue weighted by Crippen LogP contribution is -2.38. The van der Waals surface area contributed by atoms with E-state index in [0.29, 0.717) is 40.3 Å². The molecule has 2 aromatic carbocycles. The third-order valence-corrected chi connectivity index (χ3v) is 5.66. The van der Waals surface area contributed by atoms with Crippen LogP contribution in [0.25, 0.3) is 17.4 Å². The number of nitrogens with one attached hydrogen (secondary N) is 2. The van der Waals surface area contributed by atoms with Crippen LogP contribution in [0, 0.1) is 0 Å². The number of hydrogen-bond acceptors (Lipinski definition) is 4. The van der Waals surface area contributed by atoms with Crippen LogP contribution in [0.5, 0.6) is 0 Å². The highest BCUT2D eigenvalue weighted by Crippen LogP contribution is 2.25. The largest absolute Gasteiger partial charge is 0.457 e. The topological polar surface area (TPSA) is 80.6 Å². The van der Waals surface area contributed by atoms with Crippen LogP contribution < -0.4 is 10.6 Å². The highest BCUT2D eigenvalue weighted by Gasteiger charge is 2.20. The Kier molecular flexibility index (Phi) is 7.50. The van der Waals surface area contributed by atoms with E-state index in [4.69, 9.17) is 32.4 Å². The number of ether oxygens (including phenoxy) is 1. The fourth-order valence-electron chi connectivity index (χ4n) is 3.40. The molecule has 1 aliphatic rings. The average molecular weight is 485 g/mol. The molecule has 0 unspecified atom stereocenters.